The number of nitrogens with one attached hydrogen (secondary N) is 2. The van der Waals surface area contributed by atoms with Gasteiger partial charge in [-0.25, -0.2) is 4.79 Å². The van der Waals surface area contributed by atoms with Crippen LogP contribution in [0.5, 0.6) is 0 Å². The van der Waals surface area contributed by atoms with Crippen molar-refractivity contribution in [1.29, 1.82) is 5.26 Å². The molecule has 0 spiro atoms. The van der Waals surface area contributed by atoms with Crippen molar-refractivity contribution in [2.75, 3.05) is 24.6 Å². The molecule has 2 aromatic rings. The Kier molecular flexibility index (Phi) is 8.72. The number of H-pyrrole nitrogens is 2. The Morgan fingerprint density at radius 1 is 1.22 bits per heavy atom. The molecule has 9 nitrogen and oxygen atoms in total. The number of piperidine rings is 1. The number of hydrogen-bond donors (Lipinski definition) is 4. The van der Waals surface area contributed by atoms with E-state index in [0.29, 0.717) is 17.3 Å². The van der Waals surface area contributed by atoms with Crippen LogP contribution in [-0.4, -0.2) is 38.4 Å². The van der Waals surface area contributed by atoms with Crippen molar-refractivity contribution in [3.63, 3.8) is 0 Å². The van der Waals surface area contributed by atoms with Crippen LogP contribution in [-0.2, 0) is 11.8 Å². The quantitative estimate of drug-likeness (QED) is 0.631. The van der Waals surface area contributed by atoms with Crippen molar-refractivity contribution in [2.24, 2.45) is 7.05 Å². The van der Waals surface area contributed by atoms with E-state index in [4.69, 9.17) is 16.7 Å². The summed E-state index contributed by atoms with van der Waals surface area (Å²) in [6, 6.07) is 3.65. The second-order valence-electron chi connectivity index (χ2n) is 5.83. The number of carbonyl (C=O) groups excluding carboxylic acids is 1. The summed E-state index contributed by atoms with van der Waals surface area (Å²) in [6.07, 6.45) is 5.15. The van der Waals surface area contributed by atoms with Gasteiger partial charge in [-0.05, 0) is 25.3 Å². The fourth-order valence-electron chi connectivity index (χ4n) is 2.78. The number of hydrogen-bond acceptors (Lipinski definition) is 5. The molecule has 0 radical (unpaired) electrons. The van der Waals surface area contributed by atoms with Gasteiger partial charge in [0.25, 0.3) is 0 Å². The standard InChI is InChI=1S/C8H11N5O.C8H12N2O.C2H6/c1-13-5(7(10)12-8(13)14)4-2-3-11-6(4)9;9-5-4-8(11)10-6-2-1-3-7-10;1-2/h2-3,11H,9-10H2,1H3,(H,12,14);1-4,6-7H2;1-2H3. The van der Waals surface area contributed by atoms with Crippen LogP contribution in [0.4, 0.5) is 11.6 Å². The molecule has 0 aliphatic carbocycles. The average molecular weight is 375 g/mol. The third kappa shape index (κ3) is 5.67. The molecule has 9 heteroatoms. The van der Waals surface area contributed by atoms with E-state index in [0.717, 1.165) is 31.5 Å². The van der Waals surface area contributed by atoms with Crippen LogP contribution >= 0.6 is 0 Å². The molecule has 0 atom stereocenters. The Labute approximate surface area is 159 Å². The van der Waals surface area contributed by atoms with Gasteiger partial charge in [-0.15, -0.1) is 0 Å². The molecule has 3 heterocycles. The molecule has 148 valence electrons. The number of aromatic nitrogens is 3. The molecule has 27 heavy (non-hydrogen) atoms. The van der Waals surface area contributed by atoms with Crippen molar-refractivity contribution in [3.8, 4) is 17.3 Å². The summed E-state index contributed by atoms with van der Waals surface area (Å²) in [4.78, 5) is 29.5. The third-order valence-corrected chi connectivity index (χ3v) is 4.11. The zero-order chi connectivity index (χ0) is 20.4. The Hall–Kier alpha value is -3.15. The maximum absolute atomic E-state index is 11.2. The highest BCUT2D eigenvalue weighted by Gasteiger charge is 2.15. The van der Waals surface area contributed by atoms with Gasteiger partial charge in [0.1, 0.15) is 18.1 Å². The second-order valence-corrected chi connectivity index (χ2v) is 5.83. The smallest absolute Gasteiger partial charge is 0.327 e. The number of nitrogens with two attached hydrogens (primary N) is 2. The molecule has 1 aliphatic heterocycles. The fraction of sp³-hybridized carbons (Fsp3) is 0.500. The first-order valence-electron chi connectivity index (χ1n) is 9.08. The highest BCUT2D eigenvalue weighted by molar-refractivity contribution is 5.79. The van der Waals surface area contributed by atoms with Gasteiger partial charge in [-0.3, -0.25) is 14.3 Å². The van der Waals surface area contributed by atoms with Gasteiger partial charge in [0, 0.05) is 31.9 Å². The molecular formula is C18H29N7O2. The third-order valence-electron chi connectivity index (χ3n) is 4.11. The summed E-state index contributed by atoms with van der Waals surface area (Å²) in [5.41, 5.74) is 12.4. The van der Waals surface area contributed by atoms with Gasteiger partial charge in [0.15, 0.2) is 0 Å². The van der Waals surface area contributed by atoms with Crippen molar-refractivity contribution in [1.82, 2.24) is 19.4 Å². The van der Waals surface area contributed by atoms with E-state index in [1.807, 2.05) is 19.9 Å². The molecule has 0 unspecified atom stereocenters. The number of aromatic amines is 2. The Balaban J connectivity index is 0.000000254. The van der Waals surface area contributed by atoms with E-state index in [9.17, 15) is 9.59 Å². The highest BCUT2D eigenvalue weighted by atomic mass is 16.2. The predicted octanol–water partition coefficient (Wildman–Crippen LogP) is 1.81. The summed E-state index contributed by atoms with van der Waals surface area (Å²) in [5, 5.41) is 8.27. The van der Waals surface area contributed by atoms with Crippen LogP contribution in [0.25, 0.3) is 11.3 Å². The van der Waals surface area contributed by atoms with E-state index >= 15 is 0 Å². The van der Waals surface area contributed by atoms with E-state index in [2.05, 4.69) is 9.97 Å². The van der Waals surface area contributed by atoms with Crippen molar-refractivity contribution in [2.45, 2.75) is 39.5 Å². The van der Waals surface area contributed by atoms with Crippen molar-refractivity contribution >= 4 is 17.5 Å². The number of nitrogens with zero attached hydrogens (tertiary/aromatic N) is 3. The number of anilines is 2. The number of amides is 1. The summed E-state index contributed by atoms with van der Waals surface area (Å²) in [7, 11) is 1.64. The minimum absolute atomic E-state index is 0.00722. The number of carbonyl (C=O) groups is 1. The molecule has 6 N–H and O–H groups in total. The van der Waals surface area contributed by atoms with Crippen LogP contribution in [0.3, 0.4) is 0 Å². The van der Waals surface area contributed by atoms with E-state index < -0.39 is 0 Å². The van der Waals surface area contributed by atoms with Gasteiger partial charge in [-0.1, -0.05) is 13.8 Å². The maximum Gasteiger partial charge on any atom is 0.327 e. The molecule has 1 saturated heterocycles. The molecule has 0 bridgehead atoms. The predicted molar refractivity (Wildman–Crippen MR) is 107 cm³/mol. The van der Waals surface area contributed by atoms with Gasteiger partial charge in [0.05, 0.1) is 11.8 Å². The topological polar surface area (TPSA) is 150 Å². The highest BCUT2D eigenvalue weighted by Crippen LogP contribution is 2.26. The van der Waals surface area contributed by atoms with Gasteiger partial charge < -0.3 is 21.4 Å². The zero-order valence-electron chi connectivity index (χ0n) is 16.2. The number of nitriles is 1. The zero-order valence-corrected chi connectivity index (χ0v) is 16.2. The largest absolute Gasteiger partial charge is 0.385 e. The summed E-state index contributed by atoms with van der Waals surface area (Å²) >= 11 is 0. The van der Waals surface area contributed by atoms with Gasteiger partial charge in [0.2, 0.25) is 5.91 Å². The first kappa shape index (κ1) is 21.9. The lowest BCUT2D eigenvalue weighted by molar-refractivity contribution is -0.130. The summed E-state index contributed by atoms with van der Waals surface area (Å²) in [6.45, 7) is 5.70. The Morgan fingerprint density at radius 3 is 2.30 bits per heavy atom. The normalized spacial score (nSPS) is 12.9. The SMILES string of the molecule is CC.Cn1c(-c2cc[nH]c2N)c(N)[nH]c1=O.N#CCC(=O)N1CCCCC1. The number of likely N-dealkylation sites (tertiary alicyclic amines) is 1. The average Bonchev–Trinajstić information content (AvgIpc) is 3.20. The minimum atomic E-state index is -0.252. The van der Waals surface area contributed by atoms with E-state index in [-0.39, 0.29) is 18.0 Å². The molecule has 1 aliphatic rings. The van der Waals surface area contributed by atoms with Crippen LogP contribution in [0.1, 0.15) is 39.5 Å². The van der Waals surface area contributed by atoms with Gasteiger partial charge in [-0.2, -0.15) is 5.26 Å². The lowest BCUT2D eigenvalue weighted by atomic mass is 10.1. The lowest BCUT2D eigenvalue weighted by Gasteiger charge is -2.25. The monoisotopic (exact) mass is 375 g/mol. The first-order valence-corrected chi connectivity index (χ1v) is 9.08. The summed E-state index contributed by atoms with van der Waals surface area (Å²) in [5.74, 6) is 0.808. The molecule has 1 fully saturated rings. The number of rotatable bonds is 2. The Morgan fingerprint density at radius 2 is 1.85 bits per heavy atom. The second kappa shape index (κ2) is 10.8. The van der Waals surface area contributed by atoms with E-state index in [1.54, 1.807) is 24.2 Å². The van der Waals surface area contributed by atoms with Crippen molar-refractivity contribution < 1.29 is 4.79 Å². The van der Waals surface area contributed by atoms with Crippen LogP contribution in [0.15, 0.2) is 17.1 Å². The lowest BCUT2D eigenvalue weighted by Crippen LogP contribution is -2.35. The number of imidazole rings is 1. The maximum atomic E-state index is 11.2. The van der Waals surface area contributed by atoms with Crippen LogP contribution in [0.2, 0.25) is 0 Å². The minimum Gasteiger partial charge on any atom is -0.385 e. The molecule has 0 aromatic carbocycles. The molecular weight excluding hydrogens is 346 g/mol. The van der Waals surface area contributed by atoms with Crippen molar-refractivity contribution in [3.05, 3.63) is 22.7 Å². The molecule has 0 saturated carbocycles. The summed E-state index contributed by atoms with van der Waals surface area (Å²) < 4.78 is 1.43. The number of nitrogen functional groups attached to an aromatic ring is 2. The van der Waals surface area contributed by atoms with Gasteiger partial charge >= 0.3 is 5.69 Å². The fourth-order valence-corrected chi connectivity index (χ4v) is 2.78. The first-order chi connectivity index (χ1) is 13.0. The Bertz CT molecular complexity index is 820. The van der Waals surface area contributed by atoms with Crippen LogP contribution < -0.4 is 17.2 Å². The van der Waals surface area contributed by atoms with Crippen LogP contribution in [0, 0.1) is 11.3 Å². The van der Waals surface area contributed by atoms with E-state index in [1.165, 1.54) is 11.0 Å². The molecule has 2 aromatic heterocycles. The molecule has 1 amide bonds. The molecule has 3 rings (SSSR count).